The standard InChI is InChI=1S/C16H23N5O3/c1-11-3-2-6-20(11)12-4-7-19(8-5-12)16-14(15(17)22)9-13(10-18-16)21(23)24/h9-12H,2-8H2,1H3,(H2,17,22). The van der Waals surface area contributed by atoms with E-state index in [9.17, 15) is 14.9 Å². The van der Waals surface area contributed by atoms with Gasteiger partial charge in [-0.25, -0.2) is 4.98 Å². The van der Waals surface area contributed by atoms with Crippen molar-refractivity contribution in [3.05, 3.63) is 27.9 Å². The molecule has 1 unspecified atom stereocenters. The Kier molecular flexibility index (Phi) is 4.66. The zero-order valence-electron chi connectivity index (χ0n) is 13.9. The van der Waals surface area contributed by atoms with Crippen molar-refractivity contribution >= 4 is 17.4 Å². The van der Waals surface area contributed by atoms with Crippen molar-refractivity contribution in [2.75, 3.05) is 24.5 Å². The van der Waals surface area contributed by atoms with E-state index >= 15 is 0 Å². The first-order chi connectivity index (χ1) is 11.5. The number of carbonyl (C=O) groups excluding carboxylic acids is 1. The van der Waals surface area contributed by atoms with Gasteiger partial charge in [0.05, 0.1) is 10.5 Å². The van der Waals surface area contributed by atoms with Crippen LogP contribution >= 0.6 is 0 Å². The van der Waals surface area contributed by atoms with Crippen LogP contribution in [0, 0.1) is 10.1 Å². The van der Waals surface area contributed by atoms with Gasteiger partial charge in [-0.1, -0.05) is 0 Å². The van der Waals surface area contributed by atoms with E-state index in [1.165, 1.54) is 25.1 Å². The third-order valence-corrected chi connectivity index (χ3v) is 5.17. The average Bonchev–Trinajstić information content (AvgIpc) is 3.00. The Labute approximate surface area is 140 Å². The van der Waals surface area contributed by atoms with Crippen molar-refractivity contribution in [2.24, 2.45) is 5.73 Å². The highest BCUT2D eigenvalue weighted by molar-refractivity contribution is 5.98. The topological polar surface area (TPSA) is 106 Å². The number of nitrogens with zero attached hydrogens (tertiary/aromatic N) is 4. The molecule has 1 aromatic rings. The largest absolute Gasteiger partial charge is 0.365 e. The molecular formula is C16H23N5O3. The third kappa shape index (κ3) is 3.19. The third-order valence-electron chi connectivity index (χ3n) is 5.17. The number of anilines is 1. The molecule has 2 saturated heterocycles. The second-order valence-corrected chi connectivity index (χ2v) is 6.63. The summed E-state index contributed by atoms with van der Waals surface area (Å²) < 4.78 is 0. The van der Waals surface area contributed by atoms with E-state index < -0.39 is 10.8 Å². The van der Waals surface area contributed by atoms with Crippen LogP contribution in [-0.2, 0) is 0 Å². The summed E-state index contributed by atoms with van der Waals surface area (Å²) >= 11 is 0. The number of rotatable bonds is 4. The van der Waals surface area contributed by atoms with Gasteiger partial charge in [-0.15, -0.1) is 0 Å². The van der Waals surface area contributed by atoms with Crippen molar-refractivity contribution in [3.63, 3.8) is 0 Å². The fraction of sp³-hybridized carbons (Fsp3) is 0.625. The van der Waals surface area contributed by atoms with Gasteiger partial charge < -0.3 is 10.6 Å². The lowest BCUT2D eigenvalue weighted by Crippen LogP contribution is -2.46. The Morgan fingerprint density at radius 2 is 2.04 bits per heavy atom. The maximum atomic E-state index is 11.7. The predicted molar refractivity (Wildman–Crippen MR) is 90.0 cm³/mol. The van der Waals surface area contributed by atoms with E-state index in [2.05, 4.69) is 16.8 Å². The fourth-order valence-electron chi connectivity index (χ4n) is 3.89. The molecule has 0 aromatic carbocycles. The van der Waals surface area contributed by atoms with Crippen LogP contribution < -0.4 is 10.6 Å². The molecular weight excluding hydrogens is 310 g/mol. The SMILES string of the molecule is CC1CCCN1C1CCN(c2ncc([N+](=O)[O-])cc2C(N)=O)CC1. The number of pyridine rings is 1. The van der Waals surface area contributed by atoms with Crippen molar-refractivity contribution in [2.45, 2.75) is 44.7 Å². The van der Waals surface area contributed by atoms with Crippen molar-refractivity contribution in [3.8, 4) is 0 Å². The van der Waals surface area contributed by atoms with E-state index in [1.807, 2.05) is 4.90 Å². The second kappa shape index (κ2) is 6.72. The van der Waals surface area contributed by atoms with Crippen LogP contribution in [0.4, 0.5) is 11.5 Å². The zero-order valence-corrected chi connectivity index (χ0v) is 13.9. The highest BCUT2D eigenvalue weighted by Gasteiger charge is 2.32. The Bertz CT molecular complexity index is 643. The molecule has 0 radical (unpaired) electrons. The van der Waals surface area contributed by atoms with Gasteiger partial charge in [0.2, 0.25) is 0 Å². The van der Waals surface area contributed by atoms with Crippen LogP contribution in [0.1, 0.15) is 43.0 Å². The smallest absolute Gasteiger partial charge is 0.288 e. The molecule has 0 saturated carbocycles. The summed E-state index contributed by atoms with van der Waals surface area (Å²) in [6.07, 6.45) is 5.71. The van der Waals surface area contributed by atoms with E-state index in [1.54, 1.807) is 0 Å². The fourth-order valence-corrected chi connectivity index (χ4v) is 3.89. The Balaban J connectivity index is 1.74. The highest BCUT2D eigenvalue weighted by Crippen LogP contribution is 2.29. The molecule has 8 nitrogen and oxygen atoms in total. The minimum absolute atomic E-state index is 0.122. The summed E-state index contributed by atoms with van der Waals surface area (Å²) in [5, 5.41) is 10.9. The summed E-state index contributed by atoms with van der Waals surface area (Å²) in [4.78, 5) is 30.7. The number of hydrogen-bond acceptors (Lipinski definition) is 6. The van der Waals surface area contributed by atoms with Gasteiger partial charge in [0, 0.05) is 31.2 Å². The van der Waals surface area contributed by atoms with Crippen LogP contribution in [0.5, 0.6) is 0 Å². The first-order valence-electron chi connectivity index (χ1n) is 8.42. The van der Waals surface area contributed by atoms with Crippen LogP contribution in [0.25, 0.3) is 0 Å². The summed E-state index contributed by atoms with van der Waals surface area (Å²) in [5.74, 6) is -0.225. The molecule has 2 aliphatic heterocycles. The number of hydrogen-bond donors (Lipinski definition) is 1. The molecule has 2 fully saturated rings. The lowest BCUT2D eigenvalue weighted by molar-refractivity contribution is -0.385. The van der Waals surface area contributed by atoms with Crippen LogP contribution in [0.15, 0.2) is 12.3 Å². The monoisotopic (exact) mass is 333 g/mol. The predicted octanol–water partition coefficient (Wildman–Crippen LogP) is 1.54. The molecule has 8 heteroatoms. The molecule has 0 spiro atoms. The number of piperidine rings is 1. The Morgan fingerprint density at radius 3 is 2.58 bits per heavy atom. The number of amides is 1. The van der Waals surface area contributed by atoms with Crippen molar-refractivity contribution in [1.29, 1.82) is 0 Å². The molecule has 24 heavy (non-hydrogen) atoms. The van der Waals surface area contributed by atoms with Crippen molar-refractivity contribution < 1.29 is 9.72 Å². The molecule has 1 aromatic heterocycles. The van der Waals surface area contributed by atoms with Gasteiger partial charge in [0.15, 0.2) is 0 Å². The first kappa shape index (κ1) is 16.6. The summed E-state index contributed by atoms with van der Waals surface area (Å²) in [5.41, 5.74) is 5.31. The zero-order chi connectivity index (χ0) is 17.3. The van der Waals surface area contributed by atoms with E-state index in [0.29, 0.717) is 17.9 Å². The van der Waals surface area contributed by atoms with Crippen LogP contribution in [0.2, 0.25) is 0 Å². The molecule has 3 rings (SSSR count). The molecule has 3 heterocycles. The molecule has 0 aliphatic carbocycles. The number of nitrogens with two attached hydrogens (primary N) is 1. The van der Waals surface area contributed by atoms with Crippen LogP contribution in [-0.4, -0.2) is 52.4 Å². The molecule has 2 N–H and O–H groups in total. The maximum Gasteiger partial charge on any atom is 0.288 e. The molecule has 2 aliphatic rings. The summed E-state index contributed by atoms with van der Waals surface area (Å²) in [6, 6.07) is 2.42. The quantitative estimate of drug-likeness (QED) is 0.662. The van der Waals surface area contributed by atoms with Gasteiger partial charge in [-0.05, 0) is 39.2 Å². The number of nitro groups is 1. The summed E-state index contributed by atoms with van der Waals surface area (Å²) in [6.45, 7) is 4.99. The summed E-state index contributed by atoms with van der Waals surface area (Å²) in [7, 11) is 0. The maximum absolute atomic E-state index is 11.7. The lowest BCUT2D eigenvalue weighted by atomic mass is 10.0. The van der Waals surface area contributed by atoms with E-state index in [0.717, 1.165) is 32.5 Å². The van der Waals surface area contributed by atoms with E-state index in [4.69, 9.17) is 5.73 Å². The minimum atomic E-state index is -0.684. The number of likely N-dealkylation sites (tertiary alicyclic amines) is 1. The number of aromatic nitrogens is 1. The van der Waals surface area contributed by atoms with Crippen molar-refractivity contribution in [1.82, 2.24) is 9.88 Å². The second-order valence-electron chi connectivity index (χ2n) is 6.63. The minimum Gasteiger partial charge on any atom is -0.365 e. The number of carbonyl (C=O) groups is 1. The normalized spacial score (nSPS) is 22.7. The molecule has 0 bridgehead atoms. The van der Waals surface area contributed by atoms with Gasteiger partial charge in [-0.2, -0.15) is 0 Å². The molecule has 1 amide bonds. The lowest BCUT2D eigenvalue weighted by Gasteiger charge is -2.39. The average molecular weight is 333 g/mol. The molecule has 1 atom stereocenters. The van der Waals surface area contributed by atoms with Gasteiger partial charge >= 0.3 is 0 Å². The van der Waals surface area contributed by atoms with Gasteiger partial charge in [0.25, 0.3) is 11.6 Å². The number of primary amides is 1. The van der Waals surface area contributed by atoms with Crippen LogP contribution in [0.3, 0.4) is 0 Å². The Morgan fingerprint density at radius 1 is 1.33 bits per heavy atom. The highest BCUT2D eigenvalue weighted by atomic mass is 16.6. The van der Waals surface area contributed by atoms with E-state index in [-0.39, 0.29) is 11.3 Å². The first-order valence-corrected chi connectivity index (χ1v) is 8.42. The van der Waals surface area contributed by atoms with Gasteiger partial charge in [-0.3, -0.25) is 19.8 Å². The van der Waals surface area contributed by atoms with Gasteiger partial charge in [0.1, 0.15) is 12.0 Å². The molecule has 130 valence electrons. The Hall–Kier alpha value is -2.22.